The van der Waals surface area contributed by atoms with Gasteiger partial charge < -0.3 is 19.9 Å². The standard InChI is InChI=1S/C30H29F2N7O/c1-18-11-22-23(12-18)29(32)25(14-24(22)31)40-30-36-27(35-26-13-20(16-34-26)19-4-5-19)15-28(37-30)39-9-7-38(8-10-39)21-3-2-6-33-17-21/h2-3,6,12-15,17,19H,4-5,7-11,16H2,1H3,(H,34,35,36,37). The number of amidine groups is 1. The first-order chi connectivity index (χ1) is 19.5. The van der Waals surface area contributed by atoms with E-state index in [1.165, 1.54) is 18.4 Å². The molecule has 0 radical (unpaired) electrons. The van der Waals surface area contributed by atoms with Gasteiger partial charge >= 0.3 is 6.01 Å². The van der Waals surface area contributed by atoms with Crippen molar-refractivity contribution >= 4 is 29.2 Å². The molecule has 2 aromatic heterocycles. The highest BCUT2D eigenvalue weighted by atomic mass is 19.1. The number of ether oxygens (including phenoxy) is 1. The maximum Gasteiger partial charge on any atom is 0.326 e. The molecule has 1 saturated heterocycles. The molecule has 1 saturated carbocycles. The number of piperazine rings is 1. The Balaban J connectivity index is 1.17. The van der Waals surface area contributed by atoms with Gasteiger partial charge in [0.1, 0.15) is 23.3 Å². The van der Waals surface area contributed by atoms with Crippen LogP contribution in [0.15, 0.2) is 58.9 Å². The molecule has 10 heteroatoms. The van der Waals surface area contributed by atoms with E-state index in [4.69, 9.17) is 4.74 Å². The largest absolute Gasteiger partial charge is 0.421 e. The van der Waals surface area contributed by atoms with Crippen LogP contribution in [-0.4, -0.2) is 53.5 Å². The third-order valence-electron chi connectivity index (χ3n) is 7.79. The minimum absolute atomic E-state index is 0.0587. The zero-order valence-corrected chi connectivity index (χ0v) is 22.2. The van der Waals surface area contributed by atoms with Crippen molar-refractivity contribution in [2.24, 2.45) is 10.9 Å². The summed E-state index contributed by atoms with van der Waals surface area (Å²) in [6.07, 6.45) is 10.2. The summed E-state index contributed by atoms with van der Waals surface area (Å²) in [7, 11) is 0. The molecule has 7 rings (SSSR count). The molecule has 0 unspecified atom stereocenters. The van der Waals surface area contributed by atoms with Crippen LogP contribution in [0.1, 0.15) is 30.9 Å². The number of rotatable bonds is 6. The summed E-state index contributed by atoms with van der Waals surface area (Å²) in [5.41, 5.74) is 3.89. The number of nitrogens with one attached hydrogen (secondary N) is 1. The number of halogens is 2. The molecule has 4 aliphatic rings. The van der Waals surface area contributed by atoms with Crippen molar-refractivity contribution in [1.82, 2.24) is 15.0 Å². The Hall–Kier alpha value is -4.34. The normalized spacial score (nSPS) is 18.3. The van der Waals surface area contributed by atoms with Gasteiger partial charge in [-0.1, -0.05) is 11.6 Å². The zero-order chi connectivity index (χ0) is 27.2. The Bertz CT molecular complexity index is 1560. The molecule has 0 amide bonds. The van der Waals surface area contributed by atoms with E-state index in [0.29, 0.717) is 49.2 Å². The summed E-state index contributed by atoms with van der Waals surface area (Å²) < 4.78 is 36.0. The zero-order valence-electron chi connectivity index (χ0n) is 22.2. The summed E-state index contributed by atoms with van der Waals surface area (Å²) in [5, 5.41) is 3.29. The topological polar surface area (TPSA) is 78.8 Å². The predicted molar refractivity (Wildman–Crippen MR) is 151 cm³/mol. The second kappa shape index (κ2) is 10.0. The van der Waals surface area contributed by atoms with E-state index in [1.54, 1.807) is 12.3 Å². The van der Waals surface area contributed by atoms with Gasteiger partial charge in [0, 0.05) is 55.6 Å². The molecule has 204 valence electrons. The number of aromatic nitrogens is 3. The number of anilines is 3. The van der Waals surface area contributed by atoms with Gasteiger partial charge in [-0.2, -0.15) is 9.97 Å². The summed E-state index contributed by atoms with van der Waals surface area (Å²) in [5.74, 6) is 1.14. The molecule has 40 heavy (non-hydrogen) atoms. The van der Waals surface area contributed by atoms with Gasteiger partial charge in [0.2, 0.25) is 0 Å². The van der Waals surface area contributed by atoms with Crippen LogP contribution in [-0.2, 0) is 6.42 Å². The van der Waals surface area contributed by atoms with Crippen molar-refractivity contribution in [2.75, 3.05) is 47.8 Å². The summed E-state index contributed by atoms with van der Waals surface area (Å²) in [6.45, 7) is 5.53. The van der Waals surface area contributed by atoms with Gasteiger partial charge in [-0.15, -0.1) is 0 Å². The van der Waals surface area contributed by atoms with Gasteiger partial charge in [-0.3, -0.25) is 9.98 Å². The molecule has 2 aliphatic heterocycles. The van der Waals surface area contributed by atoms with Crippen molar-refractivity contribution in [2.45, 2.75) is 26.2 Å². The van der Waals surface area contributed by atoms with Gasteiger partial charge in [-0.25, -0.2) is 8.78 Å². The van der Waals surface area contributed by atoms with Gasteiger partial charge in [0.15, 0.2) is 11.6 Å². The van der Waals surface area contributed by atoms with Crippen LogP contribution in [0.3, 0.4) is 0 Å². The van der Waals surface area contributed by atoms with Crippen molar-refractivity contribution in [3.8, 4) is 11.8 Å². The predicted octanol–water partition coefficient (Wildman–Crippen LogP) is 5.39. The quantitative estimate of drug-likeness (QED) is 0.448. The van der Waals surface area contributed by atoms with Gasteiger partial charge in [0.05, 0.1) is 18.4 Å². The lowest BCUT2D eigenvalue weighted by Gasteiger charge is -2.36. The number of benzene rings is 1. The van der Waals surface area contributed by atoms with Crippen molar-refractivity contribution in [3.63, 3.8) is 0 Å². The van der Waals surface area contributed by atoms with Crippen molar-refractivity contribution in [1.29, 1.82) is 0 Å². The summed E-state index contributed by atoms with van der Waals surface area (Å²) in [6, 6.07) is 6.86. The van der Waals surface area contributed by atoms with Crippen LogP contribution >= 0.6 is 0 Å². The van der Waals surface area contributed by atoms with Crippen LogP contribution in [0, 0.1) is 17.6 Å². The highest BCUT2D eigenvalue weighted by Gasteiger charge is 2.28. The minimum Gasteiger partial charge on any atom is -0.421 e. The highest BCUT2D eigenvalue weighted by molar-refractivity contribution is 6.05. The highest BCUT2D eigenvalue weighted by Crippen LogP contribution is 2.38. The Morgan fingerprint density at radius 1 is 1.02 bits per heavy atom. The molecule has 8 nitrogen and oxygen atoms in total. The lowest BCUT2D eigenvalue weighted by Crippen LogP contribution is -2.46. The number of fused-ring (bicyclic) bond motifs is 1. The van der Waals surface area contributed by atoms with Crippen LogP contribution in [0.4, 0.5) is 26.1 Å². The fourth-order valence-corrected chi connectivity index (χ4v) is 5.51. The number of hydrogen-bond donors (Lipinski definition) is 1. The molecule has 1 N–H and O–H groups in total. The smallest absolute Gasteiger partial charge is 0.326 e. The number of allylic oxidation sites excluding steroid dienone is 1. The first-order valence-corrected chi connectivity index (χ1v) is 13.7. The molecule has 4 heterocycles. The van der Waals surface area contributed by atoms with Crippen molar-refractivity contribution in [3.05, 3.63) is 76.6 Å². The minimum atomic E-state index is -0.612. The second-order valence-electron chi connectivity index (χ2n) is 10.7. The average molecular weight is 542 g/mol. The molecular formula is C30H29F2N7O. The second-order valence-corrected chi connectivity index (χ2v) is 10.7. The summed E-state index contributed by atoms with van der Waals surface area (Å²) in [4.78, 5) is 22.4. The molecule has 1 aromatic carbocycles. The monoisotopic (exact) mass is 541 g/mol. The van der Waals surface area contributed by atoms with Crippen LogP contribution < -0.4 is 19.9 Å². The molecule has 0 atom stereocenters. The van der Waals surface area contributed by atoms with E-state index in [0.717, 1.165) is 36.3 Å². The SMILES string of the molecule is CC1=Cc2c(F)c(Oc3nc(NC4=NCC(C5CC5)=C4)cc(N4CCN(c5cccnc5)CC4)n3)cc(F)c2C1. The molecule has 0 bridgehead atoms. The molecule has 2 aliphatic carbocycles. The van der Waals surface area contributed by atoms with Gasteiger partial charge in [-0.05, 0) is 55.9 Å². The number of pyridine rings is 1. The number of aliphatic imine (C=N–C) groups is 1. The average Bonchev–Trinajstić information content (AvgIpc) is 3.58. The first kappa shape index (κ1) is 24.7. The molecular weight excluding hydrogens is 512 g/mol. The Morgan fingerprint density at radius 2 is 1.85 bits per heavy atom. The Morgan fingerprint density at radius 3 is 2.62 bits per heavy atom. The van der Waals surface area contributed by atoms with Crippen LogP contribution in [0.2, 0.25) is 0 Å². The molecule has 0 spiro atoms. The van der Waals surface area contributed by atoms with Crippen molar-refractivity contribution < 1.29 is 13.5 Å². The van der Waals surface area contributed by atoms with E-state index in [-0.39, 0.29) is 17.3 Å². The summed E-state index contributed by atoms with van der Waals surface area (Å²) >= 11 is 0. The Kier molecular flexibility index (Phi) is 6.17. The third kappa shape index (κ3) is 4.89. The van der Waals surface area contributed by atoms with E-state index in [9.17, 15) is 4.39 Å². The lowest BCUT2D eigenvalue weighted by molar-refractivity contribution is 0.406. The fraction of sp³-hybridized carbons (Fsp3) is 0.333. The number of nitrogens with zero attached hydrogens (tertiary/aromatic N) is 6. The Labute approximate surface area is 231 Å². The third-order valence-corrected chi connectivity index (χ3v) is 7.79. The maximum atomic E-state index is 15.4. The van der Waals surface area contributed by atoms with E-state index >= 15 is 4.39 Å². The van der Waals surface area contributed by atoms with Crippen LogP contribution in [0.25, 0.3) is 6.08 Å². The molecule has 3 aromatic rings. The van der Waals surface area contributed by atoms with E-state index in [1.807, 2.05) is 31.3 Å². The first-order valence-electron chi connectivity index (χ1n) is 13.7. The molecule has 2 fully saturated rings. The maximum absolute atomic E-state index is 15.4. The van der Waals surface area contributed by atoms with E-state index in [2.05, 4.69) is 41.1 Å². The number of hydrogen-bond acceptors (Lipinski definition) is 8. The van der Waals surface area contributed by atoms with Gasteiger partial charge in [0.25, 0.3) is 0 Å². The lowest BCUT2D eigenvalue weighted by atomic mass is 10.1. The van der Waals surface area contributed by atoms with Crippen LogP contribution in [0.5, 0.6) is 11.8 Å². The fourth-order valence-electron chi connectivity index (χ4n) is 5.51. The van der Waals surface area contributed by atoms with E-state index < -0.39 is 11.6 Å².